The number of carbonyl (C=O) groups excluding carboxylic acids is 1. The van der Waals surface area contributed by atoms with Gasteiger partial charge in [0.25, 0.3) is 0 Å². The predicted octanol–water partition coefficient (Wildman–Crippen LogP) is 2.75. The molecule has 0 aliphatic rings. The first-order valence-corrected chi connectivity index (χ1v) is 7.67. The molecule has 2 aromatic heterocycles. The highest BCUT2D eigenvalue weighted by atomic mass is 16.5. The second-order valence-corrected chi connectivity index (χ2v) is 5.51. The van der Waals surface area contributed by atoms with Crippen molar-refractivity contribution < 1.29 is 9.32 Å². The van der Waals surface area contributed by atoms with Gasteiger partial charge in [-0.25, -0.2) is 9.78 Å². The Balaban J connectivity index is 1.56. The minimum Gasteiger partial charge on any atom is -0.354 e. The van der Waals surface area contributed by atoms with Crippen molar-refractivity contribution in [2.24, 2.45) is 7.05 Å². The third-order valence-electron chi connectivity index (χ3n) is 3.62. The molecule has 7 heteroatoms. The van der Waals surface area contributed by atoms with E-state index in [4.69, 9.17) is 4.52 Å². The molecule has 0 aliphatic carbocycles. The molecule has 3 rings (SSSR count). The molecule has 7 nitrogen and oxygen atoms in total. The van der Waals surface area contributed by atoms with Gasteiger partial charge in [0.05, 0.1) is 12.0 Å². The number of nitrogens with one attached hydrogen (secondary N) is 2. The molecule has 0 saturated heterocycles. The van der Waals surface area contributed by atoms with E-state index in [1.165, 1.54) is 0 Å². The van der Waals surface area contributed by atoms with Crippen LogP contribution >= 0.6 is 0 Å². The van der Waals surface area contributed by atoms with Gasteiger partial charge in [0.2, 0.25) is 0 Å². The lowest BCUT2D eigenvalue weighted by Crippen LogP contribution is -2.30. The molecule has 2 heterocycles. The topological polar surface area (TPSA) is 85.0 Å². The summed E-state index contributed by atoms with van der Waals surface area (Å²) in [4.78, 5) is 16.2. The predicted molar refractivity (Wildman–Crippen MR) is 90.6 cm³/mol. The number of hydrogen-bond donors (Lipinski definition) is 2. The highest BCUT2D eigenvalue weighted by molar-refractivity contribution is 5.89. The third kappa shape index (κ3) is 3.62. The van der Waals surface area contributed by atoms with Gasteiger partial charge >= 0.3 is 6.03 Å². The van der Waals surface area contributed by atoms with Crippen LogP contribution in [-0.2, 0) is 13.5 Å². The highest BCUT2D eigenvalue weighted by Gasteiger charge is 2.15. The van der Waals surface area contributed by atoms with Crippen LogP contribution in [0.25, 0.3) is 11.3 Å². The Kier molecular flexibility index (Phi) is 4.60. The van der Waals surface area contributed by atoms with Gasteiger partial charge in [-0.2, -0.15) is 0 Å². The number of imidazole rings is 1. The van der Waals surface area contributed by atoms with Crippen LogP contribution in [0.2, 0.25) is 0 Å². The van der Waals surface area contributed by atoms with E-state index in [1.54, 1.807) is 6.33 Å². The largest absolute Gasteiger partial charge is 0.354 e. The Bertz CT molecular complexity index is 823. The summed E-state index contributed by atoms with van der Waals surface area (Å²) < 4.78 is 7.23. The summed E-state index contributed by atoms with van der Waals surface area (Å²) in [6.45, 7) is 2.35. The Morgan fingerprint density at radius 1 is 1.29 bits per heavy atom. The fraction of sp³-hybridized carbons (Fsp3) is 0.235. The highest BCUT2D eigenvalue weighted by Crippen LogP contribution is 2.27. The summed E-state index contributed by atoms with van der Waals surface area (Å²) >= 11 is 0. The zero-order valence-electron chi connectivity index (χ0n) is 13.6. The first kappa shape index (κ1) is 15.8. The maximum absolute atomic E-state index is 12.0. The van der Waals surface area contributed by atoms with Crippen molar-refractivity contribution in [3.8, 4) is 11.3 Å². The lowest BCUT2D eigenvalue weighted by Gasteiger charge is -2.05. The van der Waals surface area contributed by atoms with Crippen LogP contribution in [0.4, 0.5) is 10.6 Å². The average Bonchev–Trinajstić information content (AvgIpc) is 3.15. The van der Waals surface area contributed by atoms with Crippen molar-refractivity contribution in [2.75, 3.05) is 11.9 Å². The van der Waals surface area contributed by atoms with E-state index < -0.39 is 0 Å². The second-order valence-electron chi connectivity index (χ2n) is 5.51. The standard InChI is InChI=1S/C17H19N5O2/c1-12-15(13-6-4-3-5-7-13)24-21-16(12)20-17(23)18-9-8-14-10-22(2)11-19-14/h3-7,10-11H,8-9H2,1-2H3,(H2,18,20,21,23). The Hall–Kier alpha value is -3.09. The number of nitrogens with zero attached hydrogens (tertiary/aromatic N) is 3. The molecule has 0 atom stereocenters. The van der Waals surface area contributed by atoms with E-state index in [9.17, 15) is 4.79 Å². The van der Waals surface area contributed by atoms with E-state index in [1.807, 2.05) is 55.1 Å². The molecule has 0 radical (unpaired) electrons. The smallest absolute Gasteiger partial charge is 0.320 e. The fourth-order valence-corrected chi connectivity index (χ4v) is 2.36. The zero-order chi connectivity index (χ0) is 16.9. The van der Waals surface area contributed by atoms with Gasteiger partial charge in [0.15, 0.2) is 11.6 Å². The van der Waals surface area contributed by atoms with Crippen LogP contribution < -0.4 is 10.6 Å². The molecule has 2 N–H and O–H groups in total. The van der Waals surface area contributed by atoms with Gasteiger partial charge in [-0.05, 0) is 6.92 Å². The van der Waals surface area contributed by atoms with Crippen LogP contribution in [0.3, 0.4) is 0 Å². The van der Waals surface area contributed by atoms with E-state index in [-0.39, 0.29) is 6.03 Å². The average molecular weight is 325 g/mol. The summed E-state index contributed by atoms with van der Waals surface area (Å²) in [6, 6.07) is 9.34. The SMILES string of the molecule is Cc1c(NC(=O)NCCc2cn(C)cn2)noc1-c1ccccc1. The molecular weight excluding hydrogens is 306 g/mol. The summed E-state index contributed by atoms with van der Waals surface area (Å²) in [6.07, 6.45) is 4.33. The van der Waals surface area contributed by atoms with Crippen molar-refractivity contribution in [2.45, 2.75) is 13.3 Å². The normalized spacial score (nSPS) is 10.6. The molecule has 0 unspecified atom stereocenters. The molecule has 0 aliphatic heterocycles. The zero-order valence-corrected chi connectivity index (χ0v) is 13.6. The van der Waals surface area contributed by atoms with Crippen molar-refractivity contribution in [3.63, 3.8) is 0 Å². The van der Waals surface area contributed by atoms with E-state index in [2.05, 4.69) is 20.8 Å². The first-order valence-electron chi connectivity index (χ1n) is 7.67. The lowest BCUT2D eigenvalue weighted by molar-refractivity contribution is 0.252. The Morgan fingerprint density at radius 3 is 2.79 bits per heavy atom. The van der Waals surface area contributed by atoms with Gasteiger partial charge in [-0.15, -0.1) is 0 Å². The number of urea groups is 1. The van der Waals surface area contributed by atoms with Crippen molar-refractivity contribution in [1.82, 2.24) is 20.0 Å². The first-order chi connectivity index (χ1) is 11.6. The third-order valence-corrected chi connectivity index (χ3v) is 3.62. The van der Waals surface area contributed by atoms with Crippen molar-refractivity contribution >= 4 is 11.8 Å². The van der Waals surface area contributed by atoms with Gasteiger partial charge in [0.1, 0.15) is 0 Å². The summed E-state index contributed by atoms with van der Waals surface area (Å²) in [5.41, 5.74) is 2.65. The Labute approximate surface area is 139 Å². The van der Waals surface area contributed by atoms with Crippen LogP contribution in [0.1, 0.15) is 11.3 Å². The maximum Gasteiger partial charge on any atom is 0.320 e. The van der Waals surface area contributed by atoms with Crippen LogP contribution in [0.15, 0.2) is 47.4 Å². The molecule has 0 saturated carbocycles. The minimum absolute atomic E-state index is 0.318. The molecular formula is C17H19N5O2. The molecule has 0 fully saturated rings. The molecule has 24 heavy (non-hydrogen) atoms. The number of aromatic nitrogens is 3. The number of hydrogen-bond acceptors (Lipinski definition) is 4. The second kappa shape index (κ2) is 6.99. The molecule has 2 amide bonds. The van der Waals surface area contributed by atoms with Crippen LogP contribution in [-0.4, -0.2) is 27.3 Å². The number of aryl methyl sites for hydroxylation is 1. The molecule has 0 bridgehead atoms. The van der Waals surface area contributed by atoms with E-state index >= 15 is 0 Å². The molecule has 3 aromatic rings. The number of amides is 2. The lowest BCUT2D eigenvalue weighted by atomic mass is 10.1. The fourth-order valence-electron chi connectivity index (χ4n) is 2.36. The number of anilines is 1. The quantitative estimate of drug-likeness (QED) is 0.755. The molecule has 1 aromatic carbocycles. The maximum atomic E-state index is 12.0. The van der Waals surface area contributed by atoms with Crippen molar-refractivity contribution in [1.29, 1.82) is 0 Å². The van der Waals surface area contributed by atoms with Gasteiger partial charge < -0.3 is 14.4 Å². The number of carbonyl (C=O) groups is 1. The molecule has 0 spiro atoms. The van der Waals surface area contributed by atoms with Gasteiger partial charge in [-0.3, -0.25) is 5.32 Å². The van der Waals surface area contributed by atoms with Crippen LogP contribution in [0.5, 0.6) is 0 Å². The summed E-state index contributed by atoms with van der Waals surface area (Å²) in [7, 11) is 1.91. The van der Waals surface area contributed by atoms with E-state index in [0.29, 0.717) is 24.5 Å². The Morgan fingerprint density at radius 2 is 2.08 bits per heavy atom. The summed E-state index contributed by atoms with van der Waals surface area (Å²) in [5, 5.41) is 9.43. The van der Waals surface area contributed by atoms with Gasteiger partial charge in [0, 0.05) is 37.3 Å². The number of rotatable bonds is 5. The van der Waals surface area contributed by atoms with Crippen molar-refractivity contribution in [3.05, 3.63) is 54.1 Å². The minimum atomic E-state index is -0.318. The summed E-state index contributed by atoms with van der Waals surface area (Å²) in [5.74, 6) is 1.07. The van der Waals surface area contributed by atoms with Crippen LogP contribution in [0, 0.1) is 6.92 Å². The van der Waals surface area contributed by atoms with E-state index in [0.717, 1.165) is 16.8 Å². The monoisotopic (exact) mass is 325 g/mol. The molecule has 124 valence electrons. The van der Waals surface area contributed by atoms with Gasteiger partial charge in [-0.1, -0.05) is 35.5 Å². The number of benzene rings is 1.